The third kappa shape index (κ3) is 3.13. The number of aryl methyl sites for hydroxylation is 1. The van der Waals surface area contributed by atoms with E-state index in [1.54, 1.807) is 7.05 Å². The average molecular weight is 370 g/mol. The highest BCUT2D eigenvalue weighted by Crippen LogP contribution is 2.38. The number of fused-ring (bicyclic) bond motifs is 1. The lowest BCUT2D eigenvalue weighted by atomic mass is 10.0. The van der Waals surface area contributed by atoms with Gasteiger partial charge in [0.1, 0.15) is 0 Å². The summed E-state index contributed by atoms with van der Waals surface area (Å²) in [7, 11) is 3.64. The Kier molecular flexibility index (Phi) is 4.76. The summed E-state index contributed by atoms with van der Waals surface area (Å²) in [5.74, 6) is -0.0476. The predicted molar refractivity (Wildman–Crippen MR) is 102 cm³/mol. The Morgan fingerprint density at radius 2 is 2.23 bits per heavy atom. The fraction of sp³-hybridized carbons (Fsp3) is 0.368. The summed E-state index contributed by atoms with van der Waals surface area (Å²) < 4.78 is 9.13. The van der Waals surface area contributed by atoms with Gasteiger partial charge in [-0.1, -0.05) is 18.2 Å². The van der Waals surface area contributed by atoms with Crippen LogP contribution in [0.15, 0.2) is 36.5 Å². The molecule has 136 valence electrons. The van der Waals surface area contributed by atoms with Crippen LogP contribution in [0.5, 0.6) is 0 Å². The molecule has 2 aromatic heterocycles. The lowest BCUT2D eigenvalue weighted by Crippen LogP contribution is -2.38. The SMILES string of the molecule is CNC(=O)c1sc2ccccc2c1C1CN(Cc2ccnn2C)CCO1. The molecule has 1 aromatic carbocycles. The Morgan fingerprint density at radius 3 is 3.00 bits per heavy atom. The minimum absolute atomic E-state index is 0.0476. The summed E-state index contributed by atoms with van der Waals surface area (Å²) in [5, 5.41) is 8.13. The molecule has 0 spiro atoms. The molecule has 1 aliphatic heterocycles. The number of nitrogens with one attached hydrogen (secondary N) is 1. The van der Waals surface area contributed by atoms with E-state index in [1.165, 1.54) is 17.0 Å². The molecular weight excluding hydrogens is 348 g/mol. The van der Waals surface area contributed by atoms with Crippen LogP contribution in [0.1, 0.15) is 27.0 Å². The zero-order valence-corrected chi connectivity index (χ0v) is 15.8. The van der Waals surface area contributed by atoms with Crippen molar-refractivity contribution in [3.05, 3.63) is 52.7 Å². The van der Waals surface area contributed by atoms with Gasteiger partial charge in [0.2, 0.25) is 0 Å². The molecule has 6 nitrogen and oxygen atoms in total. The molecule has 4 rings (SSSR count). The van der Waals surface area contributed by atoms with Crippen LogP contribution in [-0.4, -0.2) is 47.3 Å². The Morgan fingerprint density at radius 1 is 1.38 bits per heavy atom. The number of benzene rings is 1. The van der Waals surface area contributed by atoms with Gasteiger partial charge >= 0.3 is 0 Å². The maximum absolute atomic E-state index is 12.4. The number of nitrogens with zero attached hydrogens (tertiary/aromatic N) is 3. The summed E-state index contributed by atoms with van der Waals surface area (Å²) in [5.41, 5.74) is 2.19. The van der Waals surface area contributed by atoms with Crippen LogP contribution >= 0.6 is 11.3 Å². The van der Waals surface area contributed by atoms with Crippen LogP contribution in [0.2, 0.25) is 0 Å². The van der Waals surface area contributed by atoms with Gasteiger partial charge in [0, 0.05) is 50.2 Å². The number of thiophene rings is 1. The van der Waals surface area contributed by atoms with Crippen molar-refractivity contribution in [2.24, 2.45) is 7.05 Å². The van der Waals surface area contributed by atoms with E-state index in [0.29, 0.717) is 6.61 Å². The number of carbonyl (C=O) groups excluding carboxylic acids is 1. The van der Waals surface area contributed by atoms with Gasteiger partial charge in [-0.2, -0.15) is 5.10 Å². The van der Waals surface area contributed by atoms with Crippen molar-refractivity contribution in [1.82, 2.24) is 20.0 Å². The maximum atomic E-state index is 12.4. The Hall–Kier alpha value is -2.22. The largest absolute Gasteiger partial charge is 0.371 e. The van der Waals surface area contributed by atoms with Crippen molar-refractivity contribution < 1.29 is 9.53 Å². The maximum Gasteiger partial charge on any atom is 0.261 e. The summed E-state index contributed by atoms with van der Waals surface area (Å²) in [6.45, 7) is 3.11. The zero-order chi connectivity index (χ0) is 18.1. The first kappa shape index (κ1) is 17.2. The molecule has 1 saturated heterocycles. The first-order chi connectivity index (χ1) is 12.7. The molecule has 1 fully saturated rings. The first-order valence-corrected chi connectivity index (χ1v) is 9.53. The van der Waals surface area contributed by atoms with Gasteiger partial charge in [-0.3, -0.25) is 14.4 Å². The number of morpholine rings is 1. The highest BCUT2D eigenvalue weighted by molar-refractivity contribution is 7.21. The first-order valence-electron chi connectivity index (χ1n) is 8.71. The summed E-state index contributed by atoms with van der Waals surface area (Å²) in [4.78, 5) is 15.6. The van der Waals surface area contributed by atoms with E-state index in [2.05, 4.69) is 27.4 Å². The second kappa shape index (κ2) is 7.19. The fourth-order valence-electron chi connectivity index (χ4n) is 3.47. The van der Waals surface area contributed by atoms with Gasteiger partial charge in [0.05, 0.1) is 23.3 Å². The van der Waals surface area contributed by atoms with Crippen molar-refractivity contribution in [1.29, 1.82) is 0 Å². The average Bonchev–Trinajstić information content (AvgIpc) is 3.25. The number of ether oxygens (including phenoxy) is 1. The van der Waals surface area contributed by atoms with E-state index in [9.17, 15) is 4.79 Å². The quantitative estimate of drug-likeness (QED) is 0.767. The molecule has 3 heterocycles. The van der Waals surface area contributed by atoms with Crippen LogP contribution < -0.4 is 5.32 Å². The van der Waals surface area contributed by atoms with E-state index >= 15 is 0 Å². The molecule has 1 atom stereocenters. The molecule has 3 aromatic rings. The zero-order valence-electron chi connectivity index (χ0n) is 14.9. The molecule has 0 radical (unpaired) electrons. The van der Waals surface area contributed by atoms with Gasteiger partial charge in [-0.05, 0) is 17.5 Å². The minimum Gasteiger partial charge on any atom is -0.371 e. The van der Waals surface area contributed by atoms with Crippen molar-refractivity contribution in [2.75, 3.05) is 26.7 Å². The van der Waals surface area contributed by atoms with Crippen LogP contribution in [-0.2, 0) is 18.3 Å². The van der Waals surface area contributed by atoms with Gasteiger partial charge in [-0.15, -0.1) is 11.3 Å². The van der Waals surface area contributed by atoms with Crippen LogP contribution in [0.4, 0.5) is 0 Å². The van der Waals surface area contributed by atoms with Crippen molar-refractivity contribution >= 4 is 27.3 Å². The molecule has 1 aliphatic rings. The van der Waals surface area contributed by atoms with Gasteiger partial charge in [0.25, 0.3) is 5.91 Å². The summed E-state index contributed by atoms with van der Waals surface area (Å²) in [6, 6.07) is 10.2. The lowest BCUT2D eigenvalue weighted by Gasteiger charge is -2.33. The predicted octanol–water partition coefficient (Wildman–Crippen LogP) is 2.57. The van der Waals surface area contributed by atoms with E-state index < -0.39 is 0 Å². The Balaban J connectivity index is 1.66. The molecule has 1 N–H and O–H groups in total. The highest BCUT2D eigenvalue weighted by Gasteiger charge is 2.29. The fourth-order valence-corrected chi connectivity index (χ4v) is 4.67. The lowest BCUT2D eigenvalue weighted by molar-refractivity contribution is -0.0329. The molecule has 26 heavy (non-hydrogen) atoms. The molecule has 7 heteroatoms. The van der Waals surface area contributed by atoms with Crippen molar-refractivity contribution in [3.8, 4) is 0 Å². The van der Waals surface area contributed by atoms with Crippen LogP contribution in [0, 0.1) is 0 Å². The van der Waals surface area contributed by atoms with Crippen molar-refractivity contribution in [3.63, 3.8) is 0 Å². The van der Waals surface area contributed by atoms with Gasteiger partial charge < -0.3 is 10.1 Å². The molecular formula is C19H22N4O2S. The molecule has 0 bridgehead atoms. The Labute approximate surface area is 156 Å². The molecule has 0 aliphatic carbocycles. The summed E-state index contributed by atoms with van der Waals surface area (Å²) >= 11 is 1.53. The second-order valence-corrected chi connectivity index (χ2v) is 7.51. The number of rotatable bonds is 4. The van der Waals surface area contributed by atoms with Crippen molar-refractivity contribution in [2.45, 2.75) is 12.6 Å². The highest BCUT2D eigenvalue weighted by atomic mass is 32.1. The standard InChI is InChI=1S/C19H22N4O2S/c1-20-19(24)18-17(14-5-3-4-6-16(14)26-18)15-12-23(9-10-25-15)11-13-7-8-21-22(13)2/h3-8,15H,9-12H2,1-2H3,(H,20,24). The van der Waals surface area contributed by atoms with E-state index in [4.69, 9.17) is 4.74 Å². The topological polar surface area (TPSA) is 59.4 Å². The number of aromatic nitrogens is 2. The second-order valence-electron chi connectivity index (χ2n) is 6.46. The molecule has 1 amide bonds. The van der Waals surface area contributed by atoms with E-state index in [0.717, 1.165) is 40.2 Å². The number of carbonyl (C=O) groups is 1. The van der Waals surface area contributed by atoms with Crippen LogP contribution in [0.3, 0.4) is 0 Å². The molecule has 0 saturated carbocycles. The normalized spacial score (nSPS) is 18.3. The summed E-state index contributed by atoms with van der Waals surface area (Å²) in [6.07, 6.45) is 1.71. The monoisotopic (exact) mass is 370 g/mol. The number of hydrogen-bond acceptors (Lipinski definition) is 5. The van der Waals surface area contributed by atoms with E-state index in [-0.39, 0.29) is 12.0 Å². The van der Waals surface area contributed by atoms with Gasteiger partial charge in [-0.25, -0.2) is 0 Å². The number of hydrogen-bond donors (Lipinski definition) is 1. The Bertz CT molecular complexity index is 933. The van der Waals surface area contributed by atoms with Gasteiger partial charge in [0.15, 0.2) is 0 Å². The van der Waals surface area contributed by atoms with E-state index in [1.807, 2.05) is 36.1 Å². The smallest absolute Gasteiger partial charge is 0.261 e. The third-order valence-corrected chi connectivity index (χ3v) is 6.03. The van der Waals surface area contributed by atoms with Crippen LogP contribution in [0.25, 0.3) is 10.1 Å². The number of amides is 1. The minimum atomic E-state index is -0.111. The third-order valence-electron chi connectivity index (χ3n) is 4.85. The molecule has 1 unspecified atom stereocenters.